The fraction of sp³-hybridized carbons (Fsp3) is 0.250. The smallest absolute Gasteiger partial charge is 0.262 e. The van der Waals surface area contributed by atoms with Crippen molar-refractivity contribution in [3.8, 4) is 5.75 Å². The summed E-state index contributed by atoms with van der Waals surface area (Å²) in [4.78, 5) is 15.8. The van der Waals surface area contributed by atoms with Crippen LogP contribution in [0.15, 0.2) is 42.7 Å². The van der Waals surface area contributed by atoms with E-state index in [1.165, 1.54) is 6.20 Å². The summed E-state index contributed by atoms with van der Waals surface area (Å²) in [7, 11) is 0. The Labute approximate surface area is 123 Å². The van der Waals surface area contributed by atoms with Crippen LogP contribution >= 0.6 is 0 Å². The third-order valence-corrected chi connectivity index (χ3v) is 3.07. The topological polar surface area (TPSA) is 71.5 Å². The van der Waals surface area contributed by atoms with E-state index in [1.54, 1.807) is 12.3 Å². The van der Waals surface area contributed by atoms with Crippen molar-refractivity contribution >= 4 is 11.6 Å². The van der Waals surface area contributed by atoms with Crippen molar-refractivity contribution in [3.05, 3.63) is 53.9 Å². The molecule has 21 heavy (non-hydrogen) atoms. The van der Waals surface area contributed by atoms with Gasteiger partial charge < -0.3 is 15.2 Å². The van der Waals surface area contributed by atoms with Crippen LogP contribution in [0.1, 0.15) is 18.1 Å². The van der Waals surface area contributed by atoms with Crippen LogP contribution in [0, 0.1) is 0 Å². The molecule has 0 spiro atoms. The number of pyridine rings is 1. The van der Waals surface area contributed by atoms with Gasteiger partial charge >= 0.3 is 0 Å². The van der Waals surface area contributed by atoms with Crippen LogP contribution in [-0.4, -0.2) is 22.6 Å². The first-order valence-electron chi connectivity index (χ1n) is 6.79. The molecule has 0 aliphatic rings. The fourth-order valence-corrected chi connectivity index (χ4v) is 1.94. The number of carbonyl (C=O) groups is 1. The third kappa shape index (κ3) is 4.03. The van der Waals surface area contributed by atoms with Crippen LogP contribution in [0.4, 0.5) is 5.69 Å². The first kappa shape index (κ1) is 15.0. The van der Waals surface area contributed by atoms with Crippen LogP contribution < -0.4 is 10.1 Å². The third-order valence-electron chi connectivity index (χ3n) is 3.07. The number of rotatable bonds is 6. The van der Waals surface area contributed by atoms with Gasteiger partial charge in [-0.05, 0) is 24.1 Å². The molecule has 1 aromatic carbocycles. The first-order chi connectivity index (χ1) is 10.2. The molecule has 1 aromatic heterocycles. The lowest BCUT2D eigenvalue weighted by Crippen LogP contribution is -2.21. The Kier molecular flexibility index (Phi) is 5.29. The number of amides is 1. The molecule has 5 nitrogen and oxygen atoms in total. The number of aromatic nitrogens is 1. The summed E-state index contributed by atoms with van der Waals surface area (Å²) in [6.45, 7) is 1.79. The Morgan fingerprint density at radius 2 is 2.10 bits per heavy atom. The molecule has 5 heteroatoms. The highest BCUT2D eigenvalue weighted by Crippen LogP contribution is 2.18. The van der Waals surface area contributed by atoms with Gasteiger partial charge in [-0.2, -0.15) is 0 Å². The molecule has 0 saturated carbocycles. The van der Waals surface area contributed by atoms with Gasteiger partial charge in [0.1, 0.15) is 5.75 Å². The summed E-state index contributed by atoms with van der Waals surface area (Å²) in [5.41, 5.74) is 2.17. The van der Waals surface area contributed by atoms with E-state index in [1.807, 2.05) is 31.2 Å². The monoisotopic (exact) mass is 286 g/mol. The maximum Gasteiger partial charge on any atom is 0.262 e. The average Bonchev–Trinajstić information content (AvgIpc) is 2.53. The molecule has 0 atom stereocenters. The van der Waals surface area contributed by atoms with E-state index >= 15 is 0 Å². The Balaban J connectivity index is 1.96. The Morgan fingerprint density at radius 1 is 1.29 bits per heavy atom. The van der Waals surface area contributed by atoms with E-state index in [0.717, 1.165) is 12.0 Å². The standard InChI is InChI=1S/C16H18N2O3/c1-2-12-5-3-4-6-15(12)21-11-16(20)18-14-9-17-8-7-13(14)10-19/h3-9,19H,2,10-11H2,1H3,(H,18,20). The molecule has 2 rings (SSSR count). The summed E-state index contributed by atoms with van der Waals surface area (Å²) >= 11 is 0. The van der Waals surface area contributed by atoms with Crippen LogP contribution in [-0.2, 0) is 17.8 Å². The Hall–Kier alpha value is -2.40. The maximum absolute atomic E-state index is 11.9. The number of anilines is 1. The molecular formula is C16H18N2O3. The van der Waals surface area contributed by atoms with Gasteiger partial charge in [-0.15, -0.1) is 0 Å². The van der Waals surface area contributed by atoms with E-state index in [9.17, 15) is 9.90 Å². The zero-order chi connectivity index (χ0) is 15.1. The summed E-state index contributed by atoms with van der Waals surface area (Å²) in [6, 6.07) is 9.28. The SMILES string of the molecule is CCc1ccccc1OCC(=O)Nc1cnccc1CO. The van der Waals surface area contributed by atoms with Crippen LogP contribution in [0.3, 0.4) is 0 Å². The van der Waals surface area contributed by atoms with Gasteiger partial charge in [-0.25, -0.2) is 0 Å². The predicted molar refractivity (Wildman–Crippen MR) is 80.1 cm³/mol. The van der Waals surface area contributed by atoms with Crippen molar-refractivity contribution < 1.29 is 14.6 Å². The number of nitrogens with zero attached hydrogens (tertiary/aromatic N) is 1. The lowest BCUT2D eigenvalue weighted by Gasteiger charge is -2.11. The summed E-state index contributed by atoms with van der Waals surface area (Å²) in [6.07, 6.45) is 3.91. The normalized spacial score (nSPS) is 10.2. The van der Waals surface area contributed by atoms with Crippen molar-refractivity contribution in [2.75, 3.05) is 11.9 Å². The van der Waals surface area contributed by atoms with Gasteiger partial charge in [-0.3, -0.25) is 9.78 Å². The van der Waals surface area contributed by atoms with E-state index in [-0.39, 0.29) is 19.1 Å². The number of aryl methyl sites for hydroxylation is 1. The minimum Gasteiger partial charge on any atom is -0.483 e. The largest absolute Gasteiger partial charge is 0.483 e. The van der Waals surface area contributed by atoms with Gasteiger partial charge in [0.15, 0.2) is 6.61 Å². The molecule has 0 aliphatic heterocycles. The van der Waals surface area contributed by atoms with Crippen LogP contribution in [0.2, 0.25) is 0 Å². The summed E-state index contributed by atoms with van der Waals surface area (Å²) in [5, 5.41) is 11.9. The molecule has 0 aliphatic carbocycles. The van der Waals surface area contributed by atoms with E-state index in [4.69, 9.17) is 4.74 Å². The molecule has 110 valence electrons. The highest BCUT2D eigenvalue weighted by atomic mass is 16.5. The number of benzene rings is 1. The number of hydrogen-bond donors (Lipinski definition) is 2. The molecule has 0 saturated heterocycles. The van der Waals surface area contributed by atoms with Gasteiger partial charge in [-0.1, -0.05) is 25.1 Å². The second-order valence-corrected chi connectivity index (χ2v) is 4.49. The van der Waals surface area contributed by atoms with Crippen molar-refractivity contribution in [1.29, 1.82) is 0 Å². The van der Waals surface area contributed by atoms with E-state index < -0.39 is 0 Å². The molecular weight excluding hydrogens is 268 g/mol. The molecule has 1 heterocycles. The summed E-state index contributed by atoms with van der Waals surface area (Å²) < 4.78 is 5.54. The lowest BCUT2D eigenvalue weighted by atomic mass is 10.1. The minimum atomic E-state index is -0.288. The van der Waals surface area contributed by atoms with Crippen LogP contribution in [0.5, 0.6) is 5.75 Å². The van der Waals surface area contributed by atoms with Crippen LogP contribution in [0.25, 0.3) is 0 Å². The highest BCUT2D eigenvalue weighted by Gasteiger charge is 2.08. The second kappa shape index (κ2) is 7.40. The zero-order valence-electron chi connectivity index (χ0n) is 11.9. The number of aliphatic hydroxyl groups excluding tert-OH is 1. The molecule has 0 fully saturated rings. The number of aliphatic hydroxyl groups is 1. The van der Waals surface area contributed by atoms with Crippen molar-refractivity contribution in [3.63, 3.8) is 0 Å². The van der Waals surface area contributed by atoms with Gasteiger partial charge in [0.2, 0.25) is 0 Å². The molecule has 1 amide bonds. The molecule has 0 unspecified atom stereocenters. The van der Waals surface area contributed by atoms with E-state index in [0.29, 0.717) is 17.0 Å². The van der Waals surface area contributed by atoms with Crippen molar-refractivity contribution in [2.45, 2.75) is 20.0 Å². The Morgan fingerprint density at radius 3 is 2.86 bits per heavy atom. The van der Waals surface area contributed by atoms with Crippen molar-refractivity contribution in [1.82, 2.24) is 4.98 Å². The second-order valence-electron chi connectivity index (χ2n) is 4.49. The van der Waals surface area contributed by atoms with E-state index in [2.05, 4.69) is 10.3 Å². The van der Waals surface area contributed by atoms with Crippen molar-refractivity contribution in [2.24, 2.45) is 0 Å². The lowest BCUT2D eigenvalue weighted by molar-refractivity contribution is -0.118. The highest BCUT2D eigenvalue weighted by molar-refractivity contribution is 5.92. The Bertz CT molecular complexity index is 614. The molecule has 0 radical (unpaired) electrons. The molecule has 2 N–H and O–H groups in total. The average molecular weight is 286 g/mol. The number of carbonyl (C=O) groups excluding carboxylic acids is 1. The van der Waals surface area contributed by atoms with Gasteiger partial charge in [0, 0.05) is 11.8 Å². The quantitative estimate of drug-likeness (QED) is 0.853. The minimum absolute atomic E-state index is 0.0865. The summed E-state index contributed by atoms with van der Waals surface area (Å²) in [5.74, 6) is 0.423. The number of hydrogen-bond acceptors (Lipinski definition) is 4. The predicted octanol–water partition coefficient (Wildman–Crippen LogP) is 2.15. The maximum atomic E-state index is 11.9. The molecule has 0 bridgehead atoms. The number of nitrogens with one attached hydrogen (secondary N) is 1. The number of para-hydroxylation sites is 1. The van der Waals surface area contributed by atoms with Gasteiger partial charge in [0.25, 0.3) is 5.91 Å². The fourth-order valence-electron chi connectivity index (χ4n) is 1.94. The van der Waals surface area contributed by atoms with Gasteiger partial charge in [0.05, 0.1) is 18.5 Å². The first-order valence-corrected chi connectivity index (χ1v) is 6.79. The number of ether oxygens (including phenoxy) is 1. The molecule has 2 aromatic rings. The zero-order valence-corrected chi connectivity index (χ0v) is 11.9.